The van der Waals surface area contributed by atoms with Crippen LogP contribution in [-0.2, 0) is 0 Å². The zero-order valence-electron chi connectivity index (χ0n) is 6.55. The van der Waals surface area contributed by atoms with Crippen molar-refractivity contribution in [2.24, 2.45) is 0 Å². The van der Waals surface area contributed by atoms with Gasteiger partial charge in [-0.3, -0.25) is 0 Å². The van der Waals surface area contributed by atoms with E-state index in [9.17, 15) is 0 Å². The van der Waals surface area contributed by atoms with Crippen molar-refractivity contribution < 1.29 is 4.42 Å². The Bertz CT molecular complexity index is 169. The molecule has 0 saturated heterocycles. The van der Waals surface area contributed by atoms with Gasteiger partial charge in [-0.1, -0.05) is 25.9 Å². The topological polar surface area (TPSA) is 13.1 Å². The average molecular weight is 153 g/mol. The third kappa shape index (κ3) is 1.74. The second-order valence-electron chi connectivity index (χ2n) is 2.51. The number of hydrogen-bond donors (Lipinski definition) is 0. The van der Waals surface area contributed by atoms with Crippen molar-refractivity contribution in [2.45, 2.75) is 25.9 Å². The maximum atomic E-state index is 5.29. The first-order chi connectivity index (χ1) is 4.84. The predicted molar refractivity (Wildman–Crippen MR) is 45.1 cm³/mol. The summed E-state index contributed by atoms with van der Waals surface area (Å²) in [5, 5.41) is 1.21. The molecule has 1 aromatic heterocycles. The van der Waals surface area contributed by atoms with E-state index >= 15 is 0 Å². The molecule has 0 spiro atoms. The molecule has 0 bridgehead atoms. The third-order valence-electron chi connectivity index (χ3n) is 1.57. The SMILES string of the molecule is CCC[Si](C)c1ccco1. The minimum absolute atomic E-state index is 0.342. The van der Waals surface area contributed by atoms with Crippen LogP contribution in [0.25, 0.3) is 0 Å². The number of rotatable bonds is 3. The van der Waals surface area contributed by atoms with Crippen molar-refractivity contribution >= 4 is 14.2 Å². The number of hydrogen-bond acceptors (Lipinski definition) is 1. The Morgan fingerprint density at radius 1 is 1.60 bits per heavy atom. The average Bonchev–Trinajstić information content (AvgIpc) is 2.38. The van der Waals surface area contributed by atoms with E-state index in [-0.39, 0.29) is 8.80 Å². The van der Waals surface area contributed by atoms with Crippen LogP contribution >= 0.6 is 0 Å². The maximum Gasteiger partial charge on any atom is 0.131 e. The molecule has 0 aromatic carbocycles. The Morgan fingerprint density at radius 2 is 2.40 bits per heavy atom. The van der Waals surface area contributed by atoms with Crippen LogP contribution in [0.15, 0.2) is 22.8 Å². The Balaban J connectivity index is 2.50. The number of furan rings is 1. The molecule has 1 aromatic rings. The molecule has 10 heavy (non-hydrogen) atoms. The largest absolute Gasteiger partial charge is 0.475 e. The van der Waals surface area contributed by atoms with Gasteiger partial charge < -0.3 is 4.42 Å². The molecule has 0 atom stereocenters. The molecule has 0 saturated carbocycles. The Morgan fingerprint density at radius 3 is 2.90 bits per heavy atom. The second-order valence-corrected chi connectivity index (χ2v) is 5.06. The van der Waals surface area contributed by atoms with Gasteiger partial charge in [-0.2, -0.15) is 0 Å². The highest BCUT2D eigenvalue weighted by Crippen LogP contribution is 1.97. The summed E-state index contributed by atoms with van der Waals surface area (Å²) in [4.78, 5) is 0. The Hall–Kier alpha value is -0.503. The van der Waals surface area contributed by atoms with E-state index in [0.717, 1.165) is 0 Å². The fourth-order valence-corrected chi connectivity index (χ4v) is 2.67. The fraction of sp³-hybridized carbons (Fsp3) is 0.500. The first kappa shape index (κ1) is 7.60. The van der Waals surface area contributed by atoms with Gasteiger partial charge in [-0.25, -0.2) is 0 Å². The summed E-state index contributed by atoms with van der Waals surface area (Å²) in [6, 6.07) is 5.38. The van der Waals surface area contributed by atoms with Crippen molar-refractivity contribution in [3.8, 4) is 0 Å². The Kier molecular flexibility index (Phi) is 2.75. The second kappa shape index (κ2) is 3.61. The normalized spacial score (nSPS) is 10.7. The zero-order valence-corrected chi connectivity index (χ0v) is 7.55. The van der Waals surface area contributed by atoms with E-state index < -0.39 is 0 Å². The molecule has 2 heteroatoms. The van der Waals surface area contributed by atoms with E-state index in [1.807, 2.05) is 6.07 Å². The van der Waals surface area contributed by atoms with Crippen LogP contribution in [-0.4, -0.2) is 8.80 Å². The maximum absolute atomic E-state index is 5.29. The lowest BCUT2D eigenvalue weighted by Gasteiger charge is -2.01. The van der Waals surface area contributed by atoms with E-state index in [0.29, 0.717) is 0 Å². The van der Waals surface area contributed by atoms with Crippen LogP contribution in [0.4, 0.5) is 0 Å². The van der Waals surface area contributed by atoms with Gasteiger partial charge >= 0.3 is 0 Å². The molecule has 1 rings (SSSR count). The summed E-state index contributed by atoms with van der Waals surface area (Å²) in [5.74, 6) is 0. The summed E-state index contributed by atoms with van der Waals surface area (Å²) in [7, 11) is -0.342. The standard InChI is InChI=1S/C8H13OSi/c1-3-7-10(2)8-5-4-6-9-8/h4-6H,3,7H2,1-2H3. The van der Waals surface area contributed by atoms with E-state index in [1.54, 1.807) is 6.26 Å². The molecule has 1 heterocycles. The van der Waals surface area contributed by atoms with Crippen molar-refractivity contribution in [3.05, 3.63) is 18.4 Å². The molecule has 0 aliphatic carbocycles. The van der Waals surface area contributed by atoms with Crippen LogP contribution in [0.2, 0.25) is 12.6 Å². The summed E-state index contributed by atoms with van der Waals surface area (Å²) in [6.45, 7) is 4.52. The van der Waals surface area contributed by atoms with Gasteiger partial charge in [0, 0.05) is 0 Å². The van der Waals surface area contributed by atoms with Crippen LogP contribution < -0.4 is 5.38 Å². The molecule has 0 N–H and O–H groups in total. The first-order valence-corrected chi connectivity index (χ1v) is 5.91. The highest BCUT2D eigenvalue weighted by atomic mass is 28.3. The summed E-state index contributed by atoms with van der Waals surface area (Å²) in [6.07, 6.45) is 3.03. The van der Waals surface area contributed by atoms with Gasteiger partial charge in [0.05, 0.1) is 11.6 Å². The molecule has 0 fully saturated rings. The molecule has 0 aliphatic heterocycles. The van der Waals surface area contributed by atoms with Crippen LogP contribution in [0.5, 0.6) is 0 Å². The highest BCUT2D eigenvalue weighted by Gasteiger charge is 2.08. The zero-order chi connectivity index (χ0) is 7.40. The van der Waals surface area contributed by atoms with E-state index in [4.69, 9.17) is 4.42 Å². The molecule has 1 nitrogen and oxygen atoms in total. The highest BCUT2D eigenvalue weighted by molar-refractivity contribution is 6.70. The van der Waals surface area contributed by atoms with Crippen molar-refractivity contribution in [1.29, 1.82) is 0 Å². The van der Waals surface area contributed by atoms with Crippen molar-refractivity contribution in [1.82, 2.24) is 0 Å². The molecule has 55 valence electrons. The quantitative estimate of drug-likeness (QED) is 0.605. The lowest BCUT2D eigenvalue weighted by molar-refractivity contribution is 0.598. The minimum Gasteiger partial charge on any atom is -0.475 e. The van der Waals surface area contributed by atoms with Gasteiger partial charge in [-0.15, -0.1) is 0 Å². The first-order valence-electron chi connectivity index (χ1n) is 3.71. The Labute approximate surface area is 63.7 Å². The fourth-order valence-electron chi connectivity index (χ4n) is 1.02. The van der Waals surface area contributed by atoms with E-state index in [1.165, 1.54) is 17.8 Å². The lowest BCUT2D eigenvalue weighted by Crippen LogP contribution is -2.23. The van der Waals surface area contributed by atoms with Gasteiger partial charge in [0.15, 0.2) is 0 Å². The monoisotopic (exact) mass is 153 g/mol. The summed E-state index contributed by atoms with van der Waals surface area (Å²) in [5.41, 5.74) is 0. The van der Waals surface area contributed by atoms with E-state index in [2.05, 4.69) is 19.5 Å². The molecule has 0 unspecified atom stereocenters. The van der Waals surface area contributed by atoms with Crippen LogP contribution in [0, 0.1) is 0 Å². The molecule has 0 aliphatic rings. The summed E-state index contributed by atoms with van der Waals surface area (Å²) >= 11 is 0. The smallest absolute Gasteiger partial charge is 0.131 e. The lowest BCUT2D eigenvalue weighted by atomic mass is 10.6. The van der Waals surface area contributed by atoms with Crippen LogP contribution in [0.3, 0.4) is 0 Å². The molecule has 0 amide bonds. The molecule has 1 radical (unpaired) electrons. The van der Waals surface area contributed by atoms with Gasteiger partial charge in [0.25, 0.3) is 0 Å². The minimum atomic E-state index is -0.342. The van der Waals surface area contributed by atoms with Gasteiger partial charge in [-0.05, 0) is 12.1 Å². The molecular weight excluding hydrogens is 140 g/mol. The third-order valence-corrected chi connectivity index (χ3v) is 3.94. The summed E-state index contributed by atoms with van der Waals surface area (Å²) < 4.78 is 5.29. The van der Waals surface area contributed by atoms with Crippen molar-refractivity contribution in [3.63, 3.8) is 0 Å². The molecular formula is C8H13OSi. The van der Waals surface area contributed by atoms with Gasteiger partial charge in [0.2, 0.25) is 0 Å². The predicted octanol–water partition coefficient (Wildman–Crippen LogP) is 2.02. The van der Waals surface area contributed by atoms with Crippen molar-refractivity contribution in [2.75, 3.05) is 0 Å². The van der Waals surface area contributed by atoms with Gasteiger partial charge in [0.1, 0.15) is 8.80 Å². The van der Waals surface area contributed by atoms with Crippen LogP contribution in [0.1, 0.15) is 13.3 Å².